The zero-order valence-electron chi connectivity index (χ0n) is 12.2. The number of carbonyl (C=O) groups is 1. The summed E-state index contributed by atoms with van der Waals surface area (Å²) in [7, 11) is -2.34. The number of rotatable bonds is 6. The number of benzene rings is 1. The van der Waals surface area contributed by atoms with E-state index in [-0.39, 0.29) is 11.5 Å². The van der Waals surface area contributed by atoms with Crippen LogP contribution in [0.3, 0.4) is 0 Å². The van der Waals surface area contributed by atoms with Crippen LogP contribution in [0.5, 0.6) is 0 Å². The molecule has 0 aromatic heterocycles. The first-order chi connectivity index (χ1) is 9.45. The van der Waals surface area contributed by atoms with Crippen molar-refractivity contribution in [3.8, 4) is 0 Å². The quantitative estimate of drug-likeness (QED) is 0.620. The van der Waals surface area contributed by atoms with E-state index in [0.29, 0.717) is 25.7 Å². The first-order valence-electron chi connectivity index (χ1n) is 6.50. The minimum atomic E-state index is -3.84. The van der Waals surface area contributed by atoms with Gasteiger partial charge in [0.2, 0.25) is 0 Å². The van der Waals surface area contributed by atoms with Gasteiger partial charge in [-0.2, -0.15) is 8.42 Å². The average molecular weight is 303 g/mol. The van der Waals surface area contributed by atoms with Crippen LogP contribution in [0.2, 0.25) is 0 Å². The number of nitrogens with two attached hydrogens (primary N) is 1. The molecule has 1 aromatic rings. The molecule has 0 heterocycles. The number of unbranched alkanes of at least 4 members (excludes halogenated alkanes) is 1. The normalized spacial score (nSPS) is 9.60. The summed E-state index contributed by atoms with van der Waals surface area (Å²) in [6.07, 6.45) is 1.79. The Morgan fingerprint density at radius 2 is 1.40 bits per heavy atom. The summed E-state index contributed by atoms with van der Waals surface area (Å²) in [6, 6.07) is 12.0. The van der Waals surface area contributed by atoms with E-state index in [2.05, 4.69) is 5.73 Å². The zero-order valence-corrected chi connectivity index (χ0v) is 13.0. The maximum Gasteiger partial charge on any atom is 0.264 e. The van der Waals surface area contributed by atoms with Crippen molar-refractivity contribution in [1.29, 1.82) is 0 Å². The van der Waals surface area contributed by atoms with Crippen LogP contribution in [0.1, 0.15) is 32.6 Å². The van der Waals surface area contributed by atoms with Gasteiger partial charge in [0.25, 0.3) is 10.1 Å². The zero-order chi connectivity index (χ0) is 15.9. The number of hydrogen-bond acceptors (Lipinski definition) is 4. The summed E-state index contributed by atoms with van der Waals surface area (Å²) in [5.41, 5.74) is 4.50. The first kappa shape index (κ1) is 21.1. The van der Waals surface area contributed by atoms with Crippen LogP contribution in [-0.4, -0.2) is 31.6 Å². The Morgan fingerprint density at radius 1 is 1.00 bits per heavy atom. The molecule has 0 saturated carbocycles. The number of carbonyl (C=O) groups excluding carboxylic acids is 1. The van der Waals surface area contributed by atoms with Crippen LogP contribution in [-0.2, 0) is 14.9 Å². The van der Waals surface area contributed by atoms with E-state index >= 15 is 0 Å². The third kappa shape index (κ3) is 19.1. The highest BCUT2D eigenvalue weighted by atomic mass is 32.2. The van der Waals surface area contributed by atoms with E-state index in [0.717, 1.165) is 0 Å². The molecule has 20 heavy (non-hydrogen) atoms. The van der Waals surface area contributed by atoms with Crippen LogP contribution < -0.4 is 5.73 Å². The predicted octanol–water partition coefficient (Wildman–Crippen LogP) is 2.29. The lowest BCUT2D eigenvalue weighted by atomic mass is 10.1. The highest BCUT2D eigenvalue weighted by Crippen LogP contribution is 2.00. The van der Waals surface area contributed by atoms with Gasteiger partial charge in [0.1, 0.15) is 5.78 Å². The van der Waals surface area contributed by atoms with E-state index in [9.17, 15) is 13.2 Å². The van der Waals surface area contributed by atoms with Crippen molar-refractivity contribution >= 4 is 15.9 Å². The number of ketones is 1. The van der Waals surface area contributed by atoms with E-state index in [1.54, 1.807) is 6.92 Å². The van der Waals surface area contributed by atoms with E-state index in [4.69, 9.17) is 4.55 Å². The molecular formula is C14H25NO4S. The van der Waals surface area contributed by atoms with Gasteiger partial charge in [-0.05, 0) is 19.9 Å². The number of Topliss-reactive ketones (excluding diaryl/α,β-unsaturated/α-hetero) is 1. The fraction of sp³-hybridized carbons (Fsp3) is 0.500. The SMILES string of the molecule is CCC(=O)CCCCS(=O)(=O)O.CN.c1ccccc1. The monoisotopic (exact) mass is 303 g/mol. The summed E-state index contributed by atoms with van der Waals surface area (Å²) >= 11 is 0. The third-order valence-corrected chi connectivity index (χ3v) is 2.97. The van der Waals surface area contributed by atoms with Gasteiger partial charge < -0.3 is 5.73 Å². The highest BCUT2D eigenvalue weighted by molar-refractivity contribution is 7.85. The molecule has 116 valence electrons. The molecule has 5 nitrogen and oxygen atoms in total. The molecule has 0 aliphatic heterocycles. The molecule has 0 fully saturated rings. The van der Waals surface area contributed by atoms with Crippen molar-refractivity contribution in [3.05, 3.63) is 36.4 Å². The second-order valence-electron chi connectivity index (χ2n) is 3.79. The Hall–Kier alpha value is -1.24. The molecule has 0 spiro atoms. The topological polar surface area (TPSA) is 97.5 Å². The summed E-state index contributed by atoms with van der Waals surface area (Å²) in [6.45, 7) is 1.77. The molecule has 0 bridgehead atoms. The molecule has 0 aliphatic rings. The highest BCUT2D eigenvalue weighted by Gasteiger charge is 2.04. The molecule has 1 rings (SSSR count). The Bertz CT molecular complexity index is 391. The molecular weight excluding hydrogens is 278 g/mol. The summed E-state index contributed by atoms with van der Waals surface area (Å²) in [5, 5.41) is 0. The smallest absolute Gasteiger partial charge is 0.264 e. The lowest BCUT2D eigenvalue weighted by molar-refractivity contribution is -0.118. The molecule has 1 aromatic carbocycles. The van der Waals surface area contributed by atoms with Crippen molar-refractivity contribution in [2.45, 2.75) is 32.6 Å². The number of hydrogen-bond donors (Lipinski definition) is 2. The molecule has 0 atom stereocenters. The van der Waals surface area contributed by atoms with Crippen LogP contribution >= 0.6 is 0 Å². The maximum atomic E-state index is 10.7. The van der Waals surface area contributed by atoms with Crippen LogP contribution in [0.25, 0.3) is 0 Å². The van der Waals surface area contributed by atoms with Crippen LogP contribution in [0, 0.1) is 0 Å². The van der Waals surface area contributed by atoms with Gasteiger partial charge in [0.15, 0.2) is 0 Å². The average Bonchev–Trinajstić information content (AvgIpc) is 2.47. The Morgan fingerprint density at radius 3 is 1.70 bits per heavy atom. The molecule has 0 unspecified atom stereocenters. The fourth-order valence-electron chi connectivity index (χ4n) is 1.17. The summed E-state index contributed by atoms with van der Waals surface area (Å²) < 4.78 is 28.8. The molecule has 6 heteroatoms. The molecule has 0 amide bonds. The van der Waals surface area contributed by atoms with Crippen LogP contribution in [0.4, 0.5) is 0 Å². The van der Waals surface area contributed by atoms with Gasteiger partial charge in [0, 0.05) is 12.8 Å². The standard InChI is InChI=1S/C7H14O4S.C6H6.CH5N/c1-2-7(8)5-3-4-6-12(9,10)11;1-2-4-6-5-3-1;1-2/h2-6H2,1H3,(H,9,10,11);1-6H;2H2,1H3. The lowest BCUT2D eigenvalue weighted by Crippen LogP contribution is -2.04. The van der Waals surface area contributed by atoms with Crippen molar-refractivity contribution < 1.29 is 17.8 Å². The Balaban J connectivity index is 0. The van der Waals surface area contributed by atoms with Gasteiger partial charge >= 0.3 is 0 Å². The maximum absolute atomic E-state index is 10.7. The molecule has 0 aliphatic carbocycles. The minimum Gasteiger partial charge on any atom is -0.333 e. The minimum absolute atomic E-state index is 0.130. The molecule has 3 N–H and O–H groups in total. The van der Waals surface area contributed by atoms with Gasteiger partial charge in [-0.15, -0.1) is 0 Å². The van der Waals surface area contributed by atoms with Gasteiger partial charge in [-0.3, -0.25) is 9.35 Å². The third-order valence-electron chi connectivity index (χ3n) is 2.17. The van der Waals surface area contributed by atoms with Crippen LogP contribution in [0.15, 0.2) is 36.4 Å². The molecule has 0 radical (unpaired) electrons. The largest absolute Gasteiger partial charge is 0.333 e. The van der Waals surface area contributed by atoms with E-state index in [1.165, 1.54) is 7.05 Å². The van der Waals surface area contributed by atoms with E-state index < -0.39 is 10.1 Å². The van der Waals surface area contributed by atoms with E-state index in [1.807, 2.05) is 36.4 Å². The predicted molar refractivity (Wildman–Crippen MR) is 82.1 cm³/mol. The van der Waals surface area contributed by atoms with Crippen molar-refractivity contribution in [2.75, 3.05) is 12.8 Å². The second-order valence-corrected chi connectivity index (χ2v) is 5.36. The summed E-state index contributed by atoms with van der Waals surface area (Å²) in [5.74, 6) is -0.116. The van der Waals surface area contributed by atoms with Crippen molar-refractivity contribution in [2.24, 2.45) is 5.73 Å². The van der Waals surface area contributed by atoms with Gasteiger partial charge in [0.05, 0.1) is 5.75 Å². The van der Waals surface area contributed by atoms with Gasteiger partial charge in [-0.25, -0.2) is 0 Å². The fourth-order valence-corrected chi connectivity index (χ4v) is 1.74. The Kier molecular flexibility index (Phi) is 14.9. The van der Waals surface area contributed by atoms with Gasteiger partial charge in [-0.1, -0.05) is 43.3 Å². The van der Waals surface area contributed by atoms with Crippen molar-refractivity contribution in [3.63, 3.8) is 0 Å². The first-order valence-corrected chi connectivity index (χ1v) is 8.11. The second kappa shape index (κ2) is 14.2. The summed E-state index contributed by atoms with van der Waals surface area (Å²) in [4.78, 5) is 10.7. The van der Waals surface area contributed by atoms with Crippen molar-refractivity contribution in [1.82, 2.24) is 0 Å². The lowest BCUT2D eigenvalue weighted by Gasteiger charge is -1.96. The Labute approximate surface area is 121 Å². The molecule has 0 saturated heterocycles.